The molecule has 22 heavy (non-hydrogen) atoms. The maximum atomic E-state index is 12.4. The van der Waals surface area contributed by atoms with Gasteiger partial charge in [-0.15, -0.1) is 0 Å². The number of nitrogens with zero attached hydrogens (tertiary/aromatic N) is 3. The van der Waals surface area contributed by atoms with Crippen LogP contribution in [0.4, 0.5) is 0 Å². The maximum absolute atomic E-state index is 12.4. The first-order valence-electron chi connectivity index (χ1n) is 7.42. The molecule has 116 valence electrons. The van der Waals surface area contributed by atoms with Crippen LogP contribution in [0.25, 0.3) is 0 Å². The van der Waals surface area contributed by atoms with E-state index in [1.54, 1.807) is 11.3 Å². The van der Waals surface area contributed by atoms with E-state index in [-0.39, 0.29) is 12.0 Å². The highest BCUT2D eigenvalue weighted by Crippen LogP contribution is 2.20. The average Bonchev–Trinajstić information content (AvgIpc) is 3.00. The lowest BCUT2D eigenvalue weighted by atomic mass is 10.1. The van der Waals surface area contributed by atoms with E-state index in [9.17, 15) is 4.79 Å². The van der Waals surface area contributed by atoms with Crippen LogP contribution in [0.2, 0.25) is 0 Å². The molecule has 0 saturated carbocycles. The second-order valence-electron chi connectivity index (χ2n) is 5.54. The first-order chi connectivity index (χ1) is 10.6. The highest BCUT2D eigenvalue weighted by Gasteiger charge is 2.26. The van der Waals surface area contributed by atoms with Crippen LogP contribution in [-0.4, -0.2) is 40.0 Å². The highest BCUT2D eigenvalue weighted by atomic mass is 32.1. The fourth-order valence-corrected chi connectivity index (χ4v) is 3.33. The largest absolute Gasteiger partial charge is 0.472 e. The number of aryl methyl sites for hydroxylation is 2. The molecule has 3 heterocycles. The van der Waals surface area contributed by atoms with E-state index < -0.39 is 0 Å². The van der Waals surface area contributed by atoms with E-state index in [1.807, 2.05) is 41.6 Å². The molecule has 2 aromatic heterocycles. The van der Waals surface area contributed by atoms with Crippen molar-refractivity contribution in [3.8, 4) is 5.88 Å². The molecule has 0 N–H and O–H groups in total. The molecule has 1 fully saturated rings. The van der Waals surface area contributed by atoms with Crippen molar-refractivity contribution in [2.45, 2.75) is 32.8 Å². The Morgan fingerprint density at radius 1 is 1.41 bits per heavy atom. The highest BCUT2D eigenvalue weighted by molar-refractivity contribution is 7.08. The molecule has 1 unspecified atom stereocenters. The second kappa shape index (κ2) is 6.44. The van der Waals surface area contributed by atoms with Crippen LogP contribution >= 0.6 is 11.3 Å². The summed E-state index contributed by atoms with van der Waals surface area (Å²) in [6, 6.07) is 3.71. The number of ether oxygens (including phenoxy) is 1. The molecule has 2 aromatic rings. The van der Waals surface area contributed by atoms with Gasteiger partial charge in [-0.05, 0) is 38.1 Å². The predicted molar refractivity (Wildman–Crippen MR) is 85.4 cm³/mol. The molecule has 1 amide bonds. The lowest BCUT2D eigenvalue weighted by Gasteiger charge is -2.32. The van der Waals surface area contributed by atoms with Gasteiger partial charge in [0.1, 0.15) is 11.9 Å². The van der Waals surface area contributed by atoms with Gasteiger partial charge in [0.05, 0.1) is 12.1 Å². The third-order valence-corrected chi connectivity index (χ3v) is 4.35. The molecule has 6 heteroatoms. The maximum Gasteiger partial charge on any atom is 0.254 e. The Hall–Kier alpha value is -1.95. The number of rotatable bonds is 3. The summed E-state index contributed by atoms with van der Waals surface area (Å²) in [6.07, 6.45) is 1.88. The van der Waals surface area contributed by atoms with Crippen LogP contribution in [0.1, 0.15) is 34.7 Å². The van der Waals surface area contributed by atoms with Crippen LogP contribution < -0.4 is 4.74 Å². The minimum Gasteiger partial charge on any atom is -0.472 e. The van der Waals surface area contributed by atoms with Crippen molar-refractivity contribution in [1.82, 2.24) is 14.9 Å². The van der Waals surface area contributed by atoms with Crippen molar-refractivity contribution >= 4 is 17.2 Å². The van der Waals surface area contributed by atoms with Crippen LogP contribution in [0.3, 0.4) is 0 Å². The van der Waals surface area contributed by atoms with E-state index in [0.29, 0.717) is 18.2 Å². The Morgan fingerprint density at radius 2 is 2.27 bits per heavy atom. The molecule has 0 aromatic carbocycles. The second-order valence-corrected chi connectivity index (χ2v) is 6.32. The Labute approximate surface area is 134 Å². The summed E-state index contributed by atoms with van der Waals surface area (Å²) < 4.78 is 5.97. The number of amides is 1. The number of aromatic nitrogens is 2. The van der Waals surface area contributed by atoms with Crippen molar-refractivity contribution < 1.29 is 9.53 Å². The van der Waals surface area contributed by atoms with Gasteiger partial charge < -0.3 is 9.64 Å². The van der Waals surface area contributed by atoms with Crippen molar-refractivity contribution in [2.24, 2.45) is 0 Å². The summed E-state index contributed by atoms with van der Waals surface area (Å²) in [5, 5.41) is 3.82. The summed E-state index contributed by atoms with van der Waals surface area (Å²) in [5.74, 6) is 1.39. The third-order valence-electron chi connectivity index (χ3n) is 3.66. The zero-order valence-electron chi connectivity index (χ0n) is 12.8. The number of carbonyl (C=O) groups excluding carboxylic acids is 1. The van der Waals surface area contributed by atoms with E-state index in [0.717, 1.165) is 30.6 Å². The summed E-state index contributed by atoms with van der Waals surface area (Å²) >= 11 is 1.54. The molecule has 0 bridgehead atoms. The monoisotopic (exact) mass is 317 g/mol. The number of likely N-dealkylation sites (tertiary alicyclic amines) is 1. The lowest BCUT2D eigenvalue weighted by molar-refractivity contribution is 0.0527. The Morgan fingerprint density at radius 3 is 3.00 bits per heavy atom. The zero-order chi connectivity index (χ0) is 15.5. The zero-order valence-corrected chi connectivity index (χ0v) is 13.6. The van der Waals surface area contributed by atoms with Gasteiger partial charge in [-0.3, -0.25) is 4.79 Å². The molecule has 1 saturated heterocycles. The molecule has 0 spiro atoms. The van der Waals surface area contributed by atoms with Gasteiger partial charge in [-0.2, -0.15) is 16.3 Å². The van der Waals surface area contributed by atoms with Crippen LogP contribution in [0.5, 0.6) is 5.88 Å². The fraction of sp³-hybridized carbons (Fsp3) is 0.438. The Balaban J connectivity index is 1.66. The molecule has 0 aliphatic carbocycles. The van der Waals surface area contributed by atoms with Crippen molar-refractivity contribution in [2.75, 3.05) is 13.1 Å². The van der Waals surface area contributed by atoms with Crippen LogP contribution in [0, 0.1) is 13.8 Å². The standard InChI is InChI=1S/C16H19N3O2S/c1-11-8-15(18-12(2)17-11)21-14-4-3-6-19(9-14)16(20)13-5-7-22-10-13/h5,7-8,10,14H,3-4,6,9H2,1-2H3. The molecule has 1 aliphatic rings. The third kappa shape index (κ3) is 3.44. The SMILES string of the molecule is Cc1cc(OC2CCCN(C(=O)c3ccsc3)C2)nc(C)n1. The number of hydrogen-bond donors (Lipinski definition) is 0. The predicted octanol–water partition coefficient (Wildman–Crippen LogP) is 2.84. The first-order valence-corrected chi connectivity index (χ1v) is 8.36. The van der Waals surface area contributed by atoms with Gasteiger partial charge in [0.15, 0.2) is 0 Å². The summed E-state index contributed by atoms with van der Waals surface area (Å²) in [4.78, 5) is 22.9. The van der Waals surface area contributed by atoms with Crippen molar-refractivity contribution in [3.05, 3.63) is 40.0 Å². The van der Waals surface area contributed by atoms with Gasteiger partial charge in [0.25, 0.3) is 5.91 Å². The smallest absolute Gasteiger partial charge is 0.254 e. The molecule has 3 rings (SSSR count). The number of piperidine rings is 1. The number of thiophene rings is 1. The summed E-state index contributed by atoms with van der Waals surface area (Å²) in [7, 11) is 0. The van der Waals surface area contributed by atoms with Gasteiger partial charge in [0.2, 0.25) is 5.88 Å². The molecule has 5 nitrogen and oxygen atoms in total. The summed E-state index contributed by atoms with van der Waals surface area (Å²) in [6.45, 7) is 5.18. The Bertz CT molecular complexity index is 637. The Kier molecular flexibility index (Phi) is 4.38. The van der Waals surface area contributed by atoms with Crippen LogP contribution in [0.15, 0.2) is 22.9 Å². The quantitative estimate of drug-likeness (QED) is 0.873. The van der Waals surface area contributed by atoms with E-state index in [2.05, 4.69) is 9.97 Å². The molecular weight excluding hydrogens is 298 g/mol. The average molecular weight is 317 g/mol. The van der Waals surface area contributed by atoms with Gasteiger partial charge in [0, 0.05) is 23.7 Å². The molecule has 1 aliphatic heterocycles. The van der Waals surface area contributed by atoms with Crippen molar-refractivity contribution in [3.63, 3.8) is 0 Å². The topological polar surface area (TPSA) is 55.3 Å². The lowest BCUT2D eigenvalue weighted by Crippen LogP contribution is -2.44. The minimum atomic E-state index is -0.00923. The normalized spacial score (nSPS) is 18.3. The van der Waals surface area contributed by atoms with E-state index >= 15 is 0 Å². The number of carbonyl (C=O) groups is 1. The molecule has 0 radical (unpaired) electrons. The van der Waals surface area contributed by atoms with Gasteiger partial charge >= 0.3 is 0 Å². The van der Waals surface area contributed by atoms with Gasteiger partial charge in [-0.1, -0.05) is 0 Å². The van der Waals surface area contributed by atoms with E-state index in [1.165, 1.54) is 0 Å². The molecule has 1 atom stereocenters. The van der Waals surface area contributed by atoms with Crippen LogP contribution in [-0.2, 0) is 0 Å². The summed E-state index contributed by atoms with van der Waals surface area (Å²) in [5.41, 5.74) is 1.66. The van der Waals surface area contributed by atoms with E-state index in [4.69, 9.17) is 4.74 Å². The minimum absolute atomic E-state index is 0.00923. The van der Waals surface area contributed by atoms with Crippen molar-refractivity contribution in [1.29, 1.82) is 0 Å². The number of hydrogen-bond acceptors (Lipinski definition) is 5. The fourth-order valence-electron chi connectivity index (χ4n) is 2.70. The van der Waals surface area contributed by atoms with Gasteiger partial charge in [-0.25, -0.2) is 4.98 Å². The first kappa shape index (κ1) is 15.0. The molecular formula is C16H19N3O2S.